The predicted octanol–water partition coefficient (Wildman–Crippen LogP) is 5.74. The molecule has 9 heteroatoms. The number of benzene rings is 1. The van der Waals surface area contributed by atoms with Gasteiger partial charge in [0.25, 0.3) is 11.5 Å². The molecule has 0 bridgehead atoms. The van der Waals surface area contributed by atoms with Crippen molar-refractivity contribution in [1.29, 1.82) is 0 Å². The quantitative estimate of drug-likeness (QED) is 0.244. The first-order chi connectivity index (χ1) is 21.9. The molecule has 2 aromatic rings. The molecule has 2 heterocycles. The van der Waals surface area contributed by atoms with E-state index in [0.717, 1.165) is 91.1 Å². The van der Waals surface area contributed by atoms with E-state index in [4.69, 9.17) is 0 Å². The van der Waals surface area contributed by atoms with Crippen LogP contribution in [-0.2, 0) is 11.3 Å². The molecule has 4 rings (SSSR count). The van der Waals surface area contributed by atoms with Crippen LogP contribution in [0.1, 0.15) is 90.7 Å². The summed E-state index contributed by atoms with van der Waals surface area (Å²) in [6.07, 6.45) is 10.1. The third-order valence-corrected chi connectivity index (χ3v) is 9.74. The van der Waals surface area contributed by atoms with Gasteiger partial charge in [0.1, 0.15) is 5.82 Å². The number of nitrogens with one attached hydrogen (secondary N) is 2. The van der Waals surface area contributed by atoms with Crippen LogP contribution in [0.25, 0.3) is 5.57 Å². The molecule has 1 aromatic carbocycles. The van der Waals surface area contributed by atoms with Gasteiger partial charge in [0, 0.05) is 60.6 Å². The Hall–Kier alpha value is -3.98. The molecule has 1 saturated carbocycles. The van der Waals surface area contributed by atoms with Crippen LogP contribution in [0, 0.1) is 26.7 Å². The molecule has 248 valence electrons. The Bertz CT molecular complexity index is 1560. The number of aryl methyl sites for hydroxylation is 2. The first kappa shape index (κ1) is 34.9. The Morgan fingerprint density at radius 1 is 1.07 bits per heavy atom. The van der Waals surface area contributed by atoms with Crippen LogP contribution >= 0.6 is 0 Å². The number of likely N-dealkylation sites (tertiary alicyclic amines) is 1. The highest BCUT2D eigenvalue weighted by Crippen LogP contribution is 2.33. The zero-order chi connectivity index (χ0) is 33.5. The third kappa shape index (κ3) is 8.05. The van der Waals surface area contributed by atoms with E-state index in [0.29, 0.717) is 23.7 Å². The third-order valence-electron chi connectivity index (χ3n) is 9.74. The molecule has 2 N–H and O–H groups in total. The number of hydrogen-bond acceptors (Lipinski definition) is 6. The molecule has 9 nitrogen and oxygen atoms in total. The van der Waals surface area contributed by atoms with Crippen molar-refractivity contribution >= 4 is 29.8 Å². The summed E-state index contributed by atoms with van der Waals surface area (Å²) >= 11 is 0. The van der Waals surface area contributed by atoms with Crippen molar-refractivity contribution in [3.8, 4) is 0 Å². The smallest absolute Gasteiger partial charge is 0.253 e. The number of aromatic nitrogens is 1. The van der Waals surface area contributed by atoms with E-state index in [1.807, 2.05) is 69.9 Å². The van der Waals surface area contributed by atoms with Crippen molar-refractivity contribution in [2.24, 2.45) is 10.9 Å². The first-order valence-corrected chi connectivity index (χ1v) is 16.7. The summed E-state index contributed by atoms with van der Waals surface area (Å²) in [5, 5.41) is 2.98. The molecule has 1 aliphatic carbocycles. The lowest BCUT2D eigenvalue weighted by Gasteiger charge is -2.36. The van der Waals surface area contributed by atoms with Gasteiger partial charge in [-0.25, -0.2) is 4.99 Å². The SMILES string of the molecule is C=N/C(=C\C=C(/C)c1cc(C(=O)NCc2c(C)cc(C)[nH]c2=O)c(C)c(N(CC)C(=O)C2CCCC2)c1)N1CCC(N(C)C)CC1. The molecule has 2 amide bonds. The second kappa shape index (κ2) is 15.5. The summed E-state index contributed by atoms with van der Waals surface area (Å²) in [4.78, 5) is 53.7. The van der Waals surface area contributed by atoms with Crippen LogP contribution in [0.4, 0.5) is 5.69 Å². The number of pyridine rings is 1. The molecule has 0 unspecified atom stereocenters. The normalized spacial score (nSPS) is 16.7. The maximum absolute atomic E-state index is 13.8. The fourth-order valence-electron chi connectivity index (χ4n) is 6.81. The van der Waals surface area contributed by atoms with Crippen molar-refractivity contribution in [3.63, 3.8) is 0 Å². The van der Waals surface area contributed by atoms with E-state index in [1.54, 1.807) is 0 Å². The van der Waals surface area contributed by atoms with Crippen molar-refractivity contribution in [2.75, 3.05) is 38.6 Å². The average Bonchev–Trinajstić information content (AvgIpc) is 3.57. The summed E-state index contributed by atoms with van der Waals surface area (Å²) in [5.41, 5.74) is 5.69. The predicted molar refractivity (Wildman–Crippen MR) is 188 cm³/mol. The minimum atomic E-state index is -0.287. The fraction of sp³-hybridized carbons (Fsp3) is 0.514. The molecule has 0 spiro atoms. The van der Waals surface area contributed by atoms with Crippen molar-refractivity contribution < 1.29 is 9.59 Å². The molecule has 46 heavy (non-hydrogen) atoms. The van der Waals surface area contributed by atoms with Gasteiger partial charge in [-0.15, -0.1) is 0 Å². The molecule has 1 saturated heterocycles. The Balaban J connectivity index is 1.69. The summed E-state index contributed by atoms with van der Waals surface area (Å²) in [5.74, 6) is 0.667. The topological polar surface area (TPSA) is 101 Å². The van der Waals surface area contributed by atoms with Crippen LogP contribution < -0.4 is 15.8 Å². The van der Waals surface area contributed by atoms with Gasteiger partial charge in [-0.05, 0) is 128 Å². The second-order valence-corrected chi connectivity index (χ2v) is 13.1. The summed E-state index contributed by atoms with van der Waals surface area (Å²) in [7, 11) is 4.26. The molecule has 1 aromatic heterocycles. The van der Waals surface area contributed by atoms with Gasteiger partial charge in [-0.3, -0.25) is 14.4 Å². The van der Waals surface area contributed by atoms with E-state index in [2.05, 4.69) is 45.9 Å². The lowest BCUT2D eigenvalue weighted by molar-refractivity contribution is -0.122. The standard InChI is InChI=1S/C37H52N6O3/c1-9-43(37(46)28-12-10-11-13-28)33-22-29(24(2)14-15-34(38-6)42-18-16-30(17-19-42)41(7)8)21-31(27(33)5)35(44)39-23-32-25(3)20-26(4)40-36(32)45/h14-15,20-22,28,30H,6,9-13,16-19,23H2,1-5,7-8H3,(H,39,44)(H,40,45)/b24-14+,34-15+. The average molecular weight is 629 g/mol. The Morgan fingerprint density at radius 3 is 2.33 bits per heavy atom. The van der Waals surface area contributed by atoms with Gasteiger partial charge < -0.3 is 25.0 Å². The molecule has 0 atom stereocenters. The number of H-pyrrole nitrogens is 1. The fourth-order valence-corrected chi connectivity index (χ4v) is 6.81. The molecule has 1 aliphatic heterocycles. The highest BCUT2D eigenvalue weighted by molar-refractivity contribution is 6.02. The number of allylic oxidation sites excluding steroid dienone is 3. The number of nitrogens with zero attached hydrogens (tertiary/aromatic N) is 4. The van der Waals surface area contributed by atoms with Crippen LogP contribution in [0.2, 0.25) is 0 Å². The molecule has 2 fully saturated rings. The van der Waals surface area contributed by atoms with Gasteiger partial charge in [-0.2, -0.15) is 0 Å². The number of aliphatic imine (C=N–C) groups is 1. The zero-order valence-corrected chi connectivity index (χ0v) is 28.8. The van der Waals surface area contributed by atoms with E-state index in [-0.39, 0.29) is 29.8 Å². The highest BCUT2D eigenvalue weighted by atomic mass is 16.2. The monoisotopic (exact) mass is 628 g/mol. The summed E-state index contributed by atoms with van der Waals surface area (Å²) in [6, 6.07) is 6.38. The van der Waals surface area contributed by atoms with Gasteiger partial charge in [0.15, 0.2) is 0 Å². The van der Waals surface area contributed by atoms with Crippen molar-refractivity contribution in [3.05, 3.63) is 80.0 Å². The first-order valence-electron chi connectivity index (χ1n) is 16.7. The van der Waals surface area contributed by atoms with Crippen LogP contribution in [0.15, 0.2) is 46.0 Å². The number of carbonyl (C=O) groups is 2. The number of amides is 2. The van der Waals surface area contributed by atoms with Crippen LogP contribution in [-0.4, -0.2) is 73.1 Å². The highest BCUT2D eigenvalue weighted by Gasteiger charge is 2.29. The number of hydrogen-bond donors (Lipinski definition) is 2. The van der Waals surface area contributed by atoms with Gasteiger partial charge in [0.2, 0.25) is 5.91 Å². The lowest BCUT2D eigenvalue weighted by atomic mass is 9.96. The molecular formula is C37H52N6O3. The summed E-state index contributed by atoms with van der Waals surface area (Å²) < 4.78 is 0. The summed E-state index contributed by atoms with van der Waals surface area (Å²) in [6.45, 7) is 15.9. The maximum atomic E-state index is 13.8. The van der Waals surface area contributed by atoms with Gasteiger partial charge in [-0.1, -0.05) is 18.9 Å². The number of piperidine rings is 1. The van der Waals surface area contributed by atoms with Crippen molar-refractivity contribution in [2.45, 2.75) is 85.7 Å². The van der Waals surface area contributed by atoms with E-state index < -0.39 is 0 Å². The van der Waals surface area contributed by atoms with Crippen molar-refractivity contribution in [1.82, 2.24) is 20.1 Å². The Kier molecular flexibility index (Phi) is 11.8. The van der Waals surface area contributed by atoms with E-state index >= 15 is 0 Å². The number of anilines is 1. The largest absolute Gasteiger partial charge is 0.357 e. The second-order valence-electron chi connectivity index (χ2n) is 13.1. The maximum Gasteiger partial charge on any atom is 0.253 e. The number of aromatic amines is 1. The lowest BCUT2D eigenvalue weighted by Crippen LogP contribution is -2.41. The van der Waals surface area contributed by atoms with Crippen LogP contribution in [0.5, 0.6) is 0 Å². The minimum Gasteiger partial charge on any atom is -0.357 e. The van der Waals surface area contributed by atoms with Crippen LogP contribution in [0.3, 0.4) is 0 Å². The Labute approximate surface area is 274 Å². The van der Waals surface area contributed by atoms with E-state index in [1.165, 1.54) is 0 Å². The number of rotatable bonds is 11. The van der Waals surface area contributed by atoms with Gasteiger partial charge in [0.05, 0.1) is 0 Å². The Morgan fingerprint density at radius 2 is 1.74 bits per heavy atom. The zero-order valence-electron chi connectivity index (χ0n) is 28.8. The molecule has 0 radical (unpaired) electrons. The molecular weight excluding hydrogens is 576 g/mol. The number of carbonyl (C=O) groups excluding carboxylic acids is 2. The molecule has 2 aliphatic rings. The van der Waals surface area contributed by atoms with E-state index in [9.17, 15) is 14.4 Å². The minimum absolute atomic E-state index is 0.00829. The van der Waals surface area contributed by atoms with Gasteiger partial charge >= 0.3 is 0 Å².